The molecule has 9 heteroatoms. The molecule has 0 saturated carbocycles. The van der Waals surface area contributed by atoms with Gasteiger partial charge in [0.15, 0.2) is 12.2 Å². The van der Waals surface area contributed by atoms with Crippen molar-refractivity contribution in [1.29, 1.82) is 0 Å². The van der Waals surface area contributed by atoms with Crippen molar-refractivity contribution in [3.63, 3.8) is 0 Å². The minimum atomic E-state index is -0.865. The van der Waals surface area contributed by atoms with Crippen molar-refractivity contribution < 1.29 is 38.2 Å². The van der Waals surface area contributed by atoms with Crippen LogP contribution in [0.2, 0.25) is 0 Å². The van der Waals surface area contributed by atoms with Crippen molar-refractivity contribution in [3.05, 3.63) is 0 Å². The Morgan fingerprint density at radius 2 is 1.81 bits per heavy atom. The SMILES string of the molecule is CC(=O)OC[C@H]1OC(=O)[C@@H](CO)[C@H]([N+]23CCN(CC2)CC3)[C@@H]1OC(C)=O. The summed E-state index contributed by atoms with van der Waals surface area (Å²) in [5, 5.41) is 9.89. The van der Waals surface area contributed by atoms with Gasteiger partial charge in [-0.25, -0.2) is 0 Å². The van der Waals surface area contributed by atoms with E-state index in [1.54, 1.807) is 0 Å². The summed E-state index contributed by atoms with van der Waals surface area (Å²) in [5.74, 6) is -2.28. The molecule has 0 aromatic rings. The first-order chi connectivity index (χ1) is 12.4. The number of piperazine rings is 3. The Morgan fingerprint density at radius 3 is 2.31 bits per heavy atom. The minimum absolute atomic E-state index is 0.167. The molecule has 0 aliphatic carbocycles. The van der Waals surface area contributed by atoms with Gasteiger partial charge in [0.25, 0.3) is 0 Å². The largest absolute Gasteiger partial charge is 0.462 e. The van der Waals surface area contributed by atoms with E-state index in [-0.39, 0.29) is 13.2 Å². The zero-order valence-electron chi connectivity index (χ0n) is 15.3. The number of aliphatic hydroxyl groups is 1. The maximum absolute atomic E-state index is 12.6. The Bertz CT molecular complexity index is 560. The van der Waals surface area contributed by atoms with Crippen molar-refractivity contribution in [1.82, 2.24) is 4.90 Å². The Morgan fingerprint density at radius 1 is 1.19 bits per heavy atom. The average molecular weight is 371 g/mol. The number of nitrogens with zero attached hydrogens (tertiary/aromatic N) is 2. The van der Waals surface area contributed by atoms with Crippen LogP contribution in [-0.4, -0.2) is 103 Å². The third-order valence-corrected chi connectivity index (χ3v) is 5.85. The number of esters is 3. The summed E-state index contributed by atoms with van der Waals surface area (Å²) in [6.07, 6.45) is -1.62. The molecule has 4 aliphatic rings. The first-order valence-corrected chi connectivity index (χ1v) is 9.06. The molecule has 4 atom stereocenters. The highest BCUT2D eigenvalue weighted by molar-refractivity contribution is 5.75. The number of quaternary nitrogens is 1. The van der Waals surface area contributed by atoms with Crippen molar-refractivity contribution in [2.75, 3.05) is 52.5 Å². The van der Waals surface area contributed by atoms with E-state index in [2.05, 4.69) is 4.90 Å². The highest BCUT2D eigenvalue weighted by Gasteiger charge is 2.59. The first kappa shape index (κ1) is 19.1. The number of ether oxygens (including phenoxy) is 3. The number of carbonyl (C=O) groups is 3. The molecule has 4 heterocycles. The molecular weight excluding hydrogens is 344 g/mol. The van der Waals surface area contributed by atoms with Gasteiger partial charge in [0.2, 0.25) is 0 Å². The predicted molar refractivity (Wildman–Crippen MR) is 87.7 cm³/mol. The molecule has 1 N–H and O–H groups in total. The predicted octanol–water partition coefficient (Wildman–Crippen LogP) is -1.47. The summed E-state index contributed by atoms with van der Waals surface area (Å²) in [6.45, 7) is 7.24. The van der Waals surface area contributed by atoms with Crippen molar-refractivity contribution in [2.24, 2.45) is 5.92 Å². The number of cyclic esters (lactones) is 1. The smallest absolute Gasteiger partial charge is 0.318 e. The third kappa shape index (κ3) is 3.56. The summed E-state index contributed by atoms with van der Waals surface area (Å²) in [6, 6.07) is -0.409. The van der Waals surface area contributed by atoms with E-state index in [0.29, 0.717) is 4.48 Å². The van der Waals surface area contributed by atoms with Crippen LogP contribution < -0.4 is 0 Å². The summed E-state index contributed by atoms with van der Waals surface area (Å²) in [7, 11) is 0. The van der Waals surface area contributed by atoms with Crippen LogP contribution in [0, 0.1) is 5.92 Å². The molecule has 0 unspecified atom stereocenters. The summed E-state index contributed by atoms with van der Waals surface area (Å²) in [4.78, 5) is 37.9. The number of aliphatic hydroxyl groups excluding tert-OH is 1. The van der Waals surface area contributed by atoms with E-state index in [0.717, 1.165) is 39.3 Å². The second kappa shape index (κ2) is 7.50. The van der Waals surface area contributed by atoms with Gasteiger partial charge < -0.3 is 23.8 Å². The first-order valence-electron chi connectivity index (χ1n) is 9.06. The molecular formula is C17H27N2O7+. The normalized spacial score (nSPS) is 39.2. The van der Waals surface area contributed by atoms with Crippen LogP contribution in [0.1, 0.15) is 13.8 Å². The van der Waals surface area contributed by atoms with Gasteiger partial charge in [0.05, 0.1) is 26.2 Å². The Kier molecular flexibility index (Phi) is 5.50. The van der Waals surface area contributed by atoms with Gasteiger partial charge in [0.1, 0.15) is 18.6 Å². The van der Waals surface area contributed by atoms with Gasteiger partial charge in [-0.15, -0.1) is 0 Å². The maximum atomic E-state index is 12.6. The number of hydrogen-bond acceptors (Lipinski definition) is 8. The van der Waals surface area contributed by atoms with E-state index in [1.807, 2.05) is 0 Å². The lowest BCUT2D eigenvalue weighted by Gasteiger charge is -2.58. The summed E-state index contributed by atoms with van der Waals surface area (Å²) in [5.41, 5.74) is 0. The zero-order chi connectivity index (χ0) is 18.9. The van der Waals surface area contributed by atoms with E-state index in [4.69, 9.17) is 14.2 Å². The molecule has 0 aromatic carbocycles. The summed E-state index contributed by atoms with van der Waals surface area (Å²) >= 11 is 0. The van der Waals surface area contributed by atoms with Crippen LogP contribution in [0.15, 0.2) is 0 Å². The lowest BCUT2D eigenvalue weighted by atomic mass is 9.84. The van der Waals surface area contributed by atoms with E-state index < -0.39 is 42.1 Å². The summed E-state index contributed by atoms with van der Waals surface area (Å²) < 4.78 is 16.6. The Balaban J connectivity index is 1.94. The molecule has 4 rings (SSSR count). The molecule has 0 amide bonds. The van der Waals surface area contributed by atoms with Crippen LogP contribution in [0.25, 0.3) is 0 Å². The minimum Gasteiger partial charge on any atom is -0.462 e. The second-order valence-corrected chi connectivity index (χ2v) is 7.36. The maximum Gasteiger partial charge on any atom is 0.318 e. The number of rotatable bonds is 5. The third-order valence-electron chi connectivity index (χ3n) is 5.85. The van der Waals surface area contributed by atoms with E-state index in [1.165, 1.54) is 13.8 Å². The van der Waals surface area contributed by atoms with Crippen LogP contribution in [0.4, 0.5) is 0 Å². The van der Waals surface area contributed by atoms with Crippen LogP contribution in [0.3, 0.4) is 0 Å². The van der Waals surface area contributed by atoms with Crippen LogP contribution in [-0.2, 0) is 28.6 Å². The number of fused-ring (bicyclic) bond motifs is 3. The fraction of sp³-hybridized carbons (Fsp3) is 0.824. The van der Waals surface area contributed by atoms with Gasteiger partial charge in [0, 0.05) is 33.5 Å². The van der Waals surface area contributed by atoms with Gasteiger partial charge in [-0.1, -0.05) is 0 Å². The molecule has 4 saturated heterocycles. The standard InChI is InChI=1S/C17H27N2O7/c1-11(21)24-10-14-16(25-12(2)22)15(13(9-20)17(23)26-14)19-6-3-18(4-7-19)5-8-19/h13-16,20H,3-10H2,1-2H3/q+1/t13-,14+,15-,16+/m0/s1. The second-order valence-electron chi connectivity index (χ2n) is 7.36. The van der Waals surface area contributed by atoms with Gasteiger partial charge in [-0.3, -0.25) is 19.3 Å². The average Bonchev–Trinajstić information content (AvgIpc) is 2.62. The molecule has 4 aliphatic heterocycles. The van der Waals surface area contributed by atoms with Gasteiger partial charge in [-0.05, 0) is 0 Å². The monoisotopic (exact) mass is 371 g/mol. The zero-order valence-corrected chi connectivity index (χ0v) is 15.3. The van der Waals surface area contributed by atoms with Crippen molar-refractivity contribution >= 4 is 17.9 Å². The van der Waals surface area contributed by atoms with Crippen LogP contribution in [0.5, 0.6) is 0 Å². The molecule has 146 valence electrons. The van der Waals surface area contributed by atoms with E-state index >= 15 is 0 Å². The van der Waals surface area contributed by atoms with Crippen molar-refractivity contribution in [2.45, 2.75) is 32.1 Å². The van der Waals surface area contributed by atoms with Gasteiger partial charge in [-0.2, -0.15) is 0 Å². The van der Waals surface area contributed by atoms with Gasteiger partial charge >= 0.3 is 17.9 Å². The molecule has 26 heavy (non-hydrogen) atoms. The van der Waals surface area contributed by atoms with Crippen molar-refractivity contribution in [3.8, 4) is 0 Å². The lowest BCUT2D eigenvalue weighted by molar-refractivity contribution is -0.969. The molecule has 0 spiro atoms. The molecule has 9 nitrogen and oxygen atoms in total. The molecule has 2 bridgehead atoms. The fourth-order valence-corrected chi connectivity index (χ4v) is 4.57. The highest BCUT2D eigenvalue weighted by Crippen LogP contribution is 2.36. The number of hydrogen-bond donors (Lipinski definition) is 1. The molecule has 0 radical (unpaired) electrons. The molecule has 0 aromatic heterocycles. The number of carbonyl (C=O) groups excluding carboxylic acids is 3. The topological polar surface area (TPSA) is 102 Å². The Labute approximate surface area is 152 Å². The quantitative estimate of drug-likeness (QED) is 0.355. The lowest BCUT2D eigenvalue weighted by Crippen LogP contribution is -2.77. The van der Waals surface area contributed by atoms with E-state index in [9.17, 15) is 19.5 Å². The Hall–Kier alpha value is -1.71. The molecule has 4 fully saturated rings. The van der Waals surface area contributed by atoms with Crippen LogP contribution >= 0.6 is 0 Å². The highest BCUT2D eigenvalue weighted by atomic mass is 16.6. The fourth-order valence-electron chi connectivity index (χ4n) is 4.57.